The van der Waals surface area contributed by atoms with Crippen molar-refractivity contribution in [2.45, 2.75) is 26.0 Å². The number of nitrogens with zero attached hydrogens (tertiary/aromatic N) is 3. The second kappa shape index (κ2) is 5.44. The van der Waals surface area contributed by atoms with Gasteiger partial charge in [0.25, 0.3) is 0 Å². The summed E-state index contributed by atoms with van der Waals surface area (Å²) in [6.45, 7) is 9.77. The van der Waals surface area contributed by atoms with E-state index in [2.05, 4.69) is 14.8 Å². The van der Waals surface area contributed by atoms with Crippen LogP contribution in [-0.4, -0.2) is 58.2 Å². The molecule has 0 atom stereocenters. The van der Waals surface area contributed by atoms with Gasteiger partial charge in [-0.3, -0.25) is 14.8 Å². The van der Waals surface area contributed by atoms with Gasteiger partial charge in [-0.25, -0.2) is 0 Å². The first-order valence-electron chi connectivity index (χ1n) is 6.07. The predicted molar refractivity (Wildman–Crippen MR) is 70.1 cm³/mol. The molecule has 0 bridgehead atoms. The second-order valence-corrected chi connectivity index (χ2v) is 6.30. The van der Waals surface area contributed by atoms with Gasteiger partial charge < -0.3 is 5.11 Å². The third-order valence-electron chi connectivity index (χ3n) is 2.94. The van der Waals surface area contributed by atoms with Crippen LogP contribution in [0.4, 0.5) is 0 Å². The molecule has 1 N–H and O–H groups in total. The Balaban J connectivity index is 1.74. The molecule has 0 spiro atoms. The number of aliphatic hydroxyl groups is 1. The van der Waals surface area contributed by atoms with Crippen LogP contribution in [-0.2, 0) is 6.54 Å². The third kappa shape index (κ3) is 4.35. The zero-order valence-electron chi connectivity index (χ0n) is 10.6. The number of hydrogen-bond acceptors (Lipinski definition) is 5. The van der Waals surface area contributed by atoms with E-state index in [-0.39, 0.29) is 0 Å². The third-order valence-corrected chi connectivity index (χ3v) is 3.70. The Morgan fingerprint density at radius 3 is 2.47 bits per heavy atom. The van der Waals surface area contributed by atoms with E-state index in [0.717, 1.165) is 39.3 Å². The molecule has 0 unspecified atom stereocenters. The summed E-state index contributed by atoms with van der Waals surface area (Å²) >= 11 is 1.72. The minimum atomic E-state index is -0.583. The molecule has 5 heteroatoms. The first-order chi connectivity index (χ1) is 8.03. The van der Waals surface area contributed by atoms with Gasteiger partial charge in [-0.05, 0) is 13.8 Å². The molecule has 0 aliphatic carbocycles. The summed E-state index contributed by atoms with van der Waals surface area (Å²) in [7, 11) is 0. The fourth-order valence-corrected chi connectivity index (χ4v) is 2.83. The maximum Gasteiger partial charge on any atom is 0.0794 e. The zero-order valence-corrected chi connectivity index (χ0v) is 11.4. The van der Waals surface area contributed by atoms with Crippen LogP contribution >= 0.6 is 11.3 Å². The van der Waals surface area contributed by atoms with Gasteiger partial charge in [0.15, 0.2) is 0 Å². The van der Waals surface area contributed by atoms with E-state index < -0.39 is 5.60 Å². The van der Waals surface area contributed by atoms with E-state index in [1.807, 2.05) is 25.6 Å². The molecule has 1 aliphatic heterocycles. The number of rotatable bonds is 4. The minimum Gasteiger partial charge on any atom is -0.389 e. The van der Waals surface area contributed by atoms with E-state index >= 15 is 0 Å². The van der Waals surface area contributed by atoms with Crippen LogP contribution in [0.15, 0.2) is 11.7 Å². The highest BCUT2D eigenvalue weighted by Crippen LogP contribution is 2.13. The quantitative estimate of drug-likeness (QED) is 0.872. The fraction of sp³-hybridized carbons (Fsp3) is 0.750. The maximum absolute atomic E-state index is 9.78. The fourth-order valence-electron chi connectivity index (χ4n) is 2.19. The van der Waals surface area contributed by atoms with Gasteiger partial charge in [0.2, 0.25) is 0 Å². The van der Waals surface area contributed by atoms with Crippen LogP contribution in [0, 0.1) is 0 Å². The Hall–Kier alpha value is -0.490. The van der Waals surface area contributed by atoms with Gasteiger partial charge in [0, 0.05) is 50.3 Å². The van der Waals surface area contributed by atoms with Crippen molar-refractivity contribution in [3.05, 3.63) is 16.6 Å². The molecule has 1 saturated heterocycles. The first kappa shape index (κ1) is 13.0. The van der Waals surface area contributed by atoms with Crippen LogP contribution in [0.3, 0.4) is 0 Å². The molecule has 0 radical (unpaired) electrons. The lowest BCUT2D eigenvalue weighted by Gasteiger charge is -2.37. The van der Waals surface area contributed by atoms with Crippen molar-refractivity contribution in [1.29, 1.82) is 0 Å². The smallest absolute Gasteiger partial charge is 0.0794 e. The Kier molecular flexibility index (Phi) is 4.14. The second-order valence-electron chi connectivity index (χ2n) is 5.33. The largest absolute Gasteiger partial charge is 0.389 e. The Labute approximate surface area is 107 Å². The number of aromatic nitrogens is 1. The average Bonchev–Trinajstić information content (AvgIpc) is 2.71. The van der Waals surface area contributed by atoms with Gasteiger partial charge in [0.05, 0.1) is 11.1 Å². The van der Waals surface area contributed by atoms with E-state index in [9.17, 15) is 5.11 Å². The van der Waals surface area contributed by atoms with E-state index in [4.69, 9.17) is 0 Å². The molecule has 4 nitrogen and oxygen atoms in total. The van der Waals surface area contributed by atoms with E-state index in [0.29, 0.717) is 0 Å². The van der Waals surface area contributed by atoms with E-state index in [1.54, 1.807) is 11.3 Å². The van der Waals surface area contributed by atoms with Crippen molar-refractivity contribution in [3.63, 3.8) is 0 Å². The molecule has 17 heavy (non-hydrogen) atoms. The van der Waals surface area contributed by atoms with Crippen LogP contribution < -0.4 is 0 Å². The molecule has 1 aromatic rings. The Bertz CT molecular complexity index is 326. The van der Waals surface area contributed by atoms with Gasteiger partial charge in [-0.1, -0.05) is 0 Å². The molecule has 2 rings (SSSR count). The monoisotopic (exact) mass is 255 g/mol. The van der Waals surface area contributed by atoms with Crippen molar-refractivity contribution in [1.82, 2.24) is 14.8 Å². The molecule has 2 heterocycles. The van der Waals surface area contributed by atoms with Gasteiger partial charge in [-0.15, -0.1) is 11.3 Å². The highest BCUT2D eigenvalue weighted by Gasteiger charge is 2.22. The van der Waals surface area contributed by atoms with Gasteiger partial charge in [-0.2, -0.15) is 0 Å². The minimum absolute atomic E-state index is 0.583. The van der Waals surface area contributed by atoms with Crippen LogP contribution in [0.25, 0.3) is 0 Å². The number of piperazine rings is 1. The number of thiazole rings is 1. The van der Waals surface area contributed by atoms with Crippen molar-refractivity contribution in [2.75, 3.05) is 32.7 Å². The summed E-state index contributed by atoms with van der Waals surface area (Å²) in [4.78, 5) is 10.2. The molecule has 96 valence electrons. The number of β-amino-alcohol motifs (C(OH)–C–C–N with tert-alkyl or cyclic N) is 1. The molecule has 1 aliphatic rings. The topological polar surface area (TPSA) is 39.6 Å². The summed E-state index contributed by atoms with van der Waals surface area (Å²) in [5.74, 6) is 0. The summed E-state index contributed by atoms with van der Waals surface area (Å²) in [6, 6.07) is 0. The standard InChI is InChI=1S/C12H21N3OS/c1-12(2,16)9-15-5-3-14(4-6-15)8-11-7-13-10-17-11/h7,10,16H,3-6,8-9H2,1-2H3. The SMILES string of the molecule is CC(C)(O)CN1CCN(Cc2cncs2)CC1. The van der Waals surface area contributed by atoms with E-state index in [1.165, 1.54) is 4.88 Å². The summed E-state index contributed by atoms with van der Waals surface area (Å²) in [5, 5.41) is 9.78. The average molecular weight is 255 g/mol. The summed E-state index contributed by atoms with van der Waals surface area (Å²) in [6.07, 6.45) is 1.95. The summed E-state index contributed by atoms with van der Waals surface area (Å²) in [5.41, 5.74) is 1.31. The molecule has 0 amide bonds. The van der Waals surface area contributed by atoms with Crippen molar-refractivity contribution < 1.29 is 5.11 Å². The van der Waals surface area contributed by atoms with Crippen molar-refractivity contribution in [3.8, 4) is 0 Å². The molecule has 1 aromatic heterocycles. The van der Waals surface area contributed by atoms with Gasteiger partial charge in [0.1, 0.15) is 0 Å². The first-order valence-corrected chi connectivity index (χ1v) is 6.95. The molecule has 1 fully saturated rings. The van der Waals surface area contributed by atoms with Crippen LogP contribution in [0.2, 0.25) is 0 Å². The molecule has 0 aromatic carbocycles. The van der Waals surface area contributed by atoms with Crippen LogP contribution in [0.1, 0.15) is 18.7 Å². The van der Waals surface area contributed by atoms with Crippen molar-refractivity contribution >= 4 is 11.3 Å². The zero-order chi connectivity index (χ0) is 12.3. The maximum atomic E-state index is 9.78. The van der Waals surface area contributed by atoms with Gasteiger partial charge >= 0.3 is 0 Å². The Morgan fingerprint density at radius 2 is 1.94 bits per heavy atom. The summed E-state index contributed by atoms with van der Waals surface area (Å²) < 4.78 is 0. The molecular formula is C12H21N3OS. The molecule has 0 saturated carbocycles. The normalized spacial score (nSPS) is 19.7. The number of hydrogen-bond donors (Lipinski definition) is 1. The molecular weight excluding hydrogens is 234 g/mol. The van der Waals surface area contributed by atoms with Crippen LogP contribution in [0.5, 0.6) is 0 Å². The Morgan fingerprint density at radius 1 is 1.29 bits per heavy atom. The van der Waals surface area contributed by atoms with Crippen molar-refractivity contribution in [2.24, 2.45) is 0 Å². The lowest BCUT2D eigenvalue weighted by atomic mass is 10.1. The lowest BCUT2D eigenvalue weighted by molar-refractivity contribution is 0.0168. The highest BCUT2D eigenvalue weighted by atomic mass is 32.1. The lowest BCUT2D eigenvalue weighted by Crippen LogP contribution is -2.50. The highest BCUT2D eigenvalue weighted by molar-refractivity contribution is 7.09. The predicted octanol–water partition coefficient (Wildman–Crippen LogP) is 1.03.